The summed E-state index contributed by atoms with van der Waals surface area (Å²) >= 11 is 6.42. The van der Waals surface area contributed by atoms with E-state index < -0.39 is 12.1 Å². The van der Waals surface area contributed by atoms with Crippen molar-refractivity contribution in [3.63, 3.8) is 0 Å². The number of H-pyrrole nitrogens is 1. The molecule has 2 aromatic carbocycles. The lowest BCUT2D eigenvalue weighted by molar-refractivity contribution is -0.126. The zero-order valence-corrected chi connectivity index (χ0v) is 16.0. The summed E-state index contributed by atoms with van der Waals surface area (Å²) in [5, 5.41) is 2.96. The largest absolute Gasteiger partial charge is 0.331 e. The van der Waals surface area contributed by atoms with Gasteiger partial charge in [-0.2, -0.15) is 0 Å². The van der Waals surface area contributed by atoms with Gasteiger partial charge >= 0.3 is 6.03 Å². The number of aromatic amines is 1. The molecule has 0 aliphatic carbocycles. The van der Waals surface area contributed by atoms with E-state index in [1.807, 2.05) is 61.5 Å². The minimum absolute atomic E-state index is 0.0105. The first-order valence-corrected chi connectivity index (χ1v) is 9.37. The standard InChI is InChI=1S/C21H19ClN4O2/c1-13-7-9-15(10-8-13)18-19(22)25-20(24-18)16(11-14-5-3-2-4-6-14)26-17(27)12-23-21(26)28/h2-10,16H,11-12H2,1H3,(H,23,28)(H,24,25). The van der Waals surface area contributed by atoms with Gasteiger partial charge in [-0.25, -0.2) is 9.78 Å². The van der Waals surface area contributed by atoms with Crippen LogP contribution in [-0.2, 0) is 11.2 Å². The molecule has 2 heterocycles. The fraction of sp³-hybridized carbons (Fsp3) is 0.190. The lowest BCUT2D eigenvalue weighted by Crippen LogP contribution is -2.36. The molecule has 4 rings (SSSR count). The number of amides is 3. The zero-order chi connectivity index (χ0) is 19.7. The van der Waals surface area contributed by atoms with Crippen LogP contribution in [0.4, 0.5) is 4.79 Å². The number of carbonyl (C=O) groups excluding carboxylic acids is 2. The molecule has 1 unspecified atom stereocenters. The Kier molecular flexibility index (Phi) is 4.88. The third-order valence-electron chi connectivity index (χ3n) is 4.78. The van der Waals surface area contributed by atoms with Crippen molar-refractivity contribution in [1.82, 2.24) is 20.2 Å². The number of hydrogen-bond donors (Lipinski definition) is 2. The van der Waals surface area contributed by atoms with Gasteiger partial charge in [0.05, 0.1) is 6.54 Å². The van der Waals surface area contributed by atoms with Gasteiger partial charge in [0.15, 0.2) is 0 Å². The van der Waals surface area contributed by atoms with Crippen LogP contribution in [0.1, 0.15) is 23.0 Å². The zero-order valence-electron chi connectivity index (χ0n) is 15.3. The van der Waals surface area contributed by atoms with Gasteiger partial charge in [-0.05, 0) is 12.5 Å². The van der Waals surface area contributed by atoms with Gasteiger partial charge in [0.25, 0.3) is 5.91 Å². The molecule has 1 atom stereocenters. The predicted molar refractivity (Wildman–Crippen MR) is 107 cm³/mol. The second kappa shape index (κ2) is 7.48. The number of rotatable bonds is 5. The molecule has 2 N–H and O–H groups in total. The molecular weight excluding hydrogens is 376 g/mol. The van der Waals surface area contributed by atoms with Crippen molar-refractivity contribution in [2.75, 3.05) is 6.54 Å². The molecule has 7 heteroatoms. The van der Waals surface area contributed by atoms with Gasteiger partial charge in [-0.1, -0.05) is 71.8 Å². The van der Waals surface area contributed by atoms with Gasteiger partial charge < -0.3 is 10.3 Å². The van der Waals surface area contributed by atoms with Crippen LogP contribution in [-0.4, -0.2) is 33.4 Å². The van der Waals surface area contributed by atoms with E-state index in [4.69, 9.17) is 11.6 Å². The predicted octanol–water partition coefficient (Wildman–Crippen LogP) is 3.87. The quantitative estimate of drug-likeness (QED) is 0.645. The van der Waals surface area contributed by atoms with E-state index in [0.29, 0.717) is 23.1 Å². The highest BCUT2D eigenvalue weighted by Crippen LogP contribution is 2.32. The number of urea groups is 1. The average molecular weight is 395 g/mol. The van der Waals surface area contributed by atoms with Crippen LogP contribution in [0, 0.1) is 6.92 Å². The van der Waals surface area contributed by atoms with Crippen LogP contribution in [0.5, 0.6) is 0 Å². The summed E-state index contributed by atoms with van der Waals surface area (Å²) in [6, 6.07) is 16.5. The molecule has 0 spiro atoms. The second-order valence-corrected chi connectivity index (χ2v) is 7.16. The third kappa shape index (κ3) is 3.51. The van der Waals surface area contributed by atoms with Crippen LogP contribution in [0.3, 0.4) is 0 Å². The van der Waals surface area contributed by atoms with E-state index in [0.717, 1.165) is 16.7 Å². The lowest BCUT2D eigenvalue weighted by Gasteiger charge is -2.23. The summed E-state index contributed by atoms with van der Waals surface area (Å²) in [6.45, 7) is 2.00. The fourth-order valence-electron chi connectivity index (χ4n) is 3.33. The van der Waals surface area contributed by atoms with Crippen LogP contribution < -0.4 is 5.32 Å². The SMILES string of the molecule is Cc1ccc(-c2nc(C(Cc3ccccc3)N3C(=O)CNC3=O)[nH]c2Cl)cc1. The number of benzene rings is 2. The summed E-state index contributed by atoms with van der Waals surface area (Å²) in [7, 11) is 0. The van der Waals surface area contributed by atoms with Crippen molar-refractivity contribution in [3.05, 3.63) is 76.7 Å². The van der Waals surface area contributed by atoms with E-state index in [-0.39, 0.29) is 12.5 Å². The van der Waals surface area contributed by atoms with E-state index >= 15 is 0 Å². The van der Waals surface area contributed by atoms with Crippen molar-refractivity contribution in [2.24, 2.45) is 0 Å². The first-order chi connectivity index (χ1) is 13.5. The molecule has 3 amide bonds. The Morgan fingerprint density at radius 2 is 1.82 bits per heavy atom. The first-order valence-electron chi connectivity index (χ1n) is 8.99. The summed E-state index contributed by atoms with van der Waals surface area (Å²) in [4.78, 5) is 33.6. The lowest BCUT2D eigenvalue weighted by atomic mass is 10.0. The Bertz CT molecular complexity index is 999. The van der Waals surface area contributed by atoms with Gasteiger partial charge in [0.2, 0.25) is 0 Å². The highest BCUT2D eigenvalue weighted by Gasteiger charge is 2.37. The third-order valence-corrected chi connectivity index (χ3v) is 5.05. The normalized spacial score (nSPS) is 15.0. The van der Waals surface area contributed by atoms with Gasteiger partial charge in [-0.3, -0.25) is 9.69 Å². The number of imide groups is 1. The molecule has 1 aliphatic heterocycles. The molecule has 0 saturated carbocycles. The number of nitrogens with zero attached hydrogens (tertiary/aromatic N) is 2. The number of nitrogens with one attached hydrogen (secondary N) is 2. The number of carbonyl (C=O) groups is 2. The Morgan fingerprint density at radius 1 is 1.11 bits per heavy atom. The van der Waals surface area contributed by atoms with Crippen molar-refractivity contribution in [1.29, 1.82) is 0 Å². The highest BCUT2D eigenvalue weighted by atomic mass is 35.5. The number of aromatic nitrogens is 2. The monoisotopic (exact) mass is 394 g/mol. The minimum atomic E-state index is -0.575. The fourth-order valence-corrected chi connectivity index (χ4v) is 3.58. The Balaban J connectivity index is 1.74. The van der Waals surface area contributed by atoms with Crippen molar-refractivity contribution >= 4 is 23.5 Å². The minimum Gasteiger partial charge on any atom is -0.331 e. The van der Waals surface area contributed by atoms with Gasteiger partial charge in [-0.15, -0.1) is 0 Å². The molecular formula is C21H19ClN4O2. The average Bonchev–Trinajstić information content (AvgIpc) is 3.24. The number of hydrogen-bond acceptors (Lipinski definition) is 3. The molecule has 0 bridgehead atoms. The van der Waals surface area contributed by atoms with E-state index in [1.165, 1.54) is 4.90 Å². The van der Waals surface area contributed by atoms with E-state index in [2.05, 4.69) is 15.3 Å². The maximum absolute atomic E-state index is 12.4. The summed E-state index contributed by atoms with van der Waals surface area (Å²) < 4.78 is 0. The Morgan fingerprint density at radius 3 is 2.46 bits per heavy atom. The van der Waals surface area contributed by atoms with Gasteiger partial charge in [0, 0.05) is 12.0 Å². The smallest absolute Gasteiger partial charge is 0.325 e. The Hall–Kier alpha value is -3.12. The maximum atomic E-state index is 12.4. The second-order valence-electron chi connectivity index (χ2n) is 6.78. The van der Waals surface area contributed by atoms with Crippen molar-refractivity contribution in [2.45, 2.75) is 19.4 Å². The van der Waals surface area contributed by atoms with E-state index in [1.54, 1.807) is 0 Å². The summed E-state index contributed by atoms with van der Waals surface area (Å²) in [6.07, 6.45) is 0.442. The van der Waals surface area contributed by atoms with Gasteiger partial charge in [0.1, 0.15) is 22.7 Å². The molecule has 1 fully saturated rings. The first kappa shape index (κ1) is 18.3. The molecule has 142 valence electrons. The van der Waals surface area contributed by atoms with Crippen molar-refractivity contribution in [3.8, 4) is 11.3 Å². The molecule has 0 radical (unpaired) electrons. The van der Waals surface area contributed by atoms with Crippen LogP contribution in [0.2, 0.25) is 5.15 Å². The summed E-state index contributed by atoms with van der Waals surface area (Å²) in [5.41, 5.74) is 3.59. The van der Waals surface area contributed by atoms with Crippen molar-refractivity contribution < 1.29 is 9.59 Å². The number of halogens is 1. The molecule has 3 aromatic rings. The molecule has 1 aliphatic rings. The summed E-state index contributed by atoms with van der Waals surface area (Å²) in [5.74, 6) is 0.199. The van der Waals surface area contributed by atoms with Crippen LogP contribution in [0.25, 0.3) is 11.3 Å². The molecule has 6 nitrogen and oxygen atoms in total. The van der Waals surface area contributed by atoms with Crippen LogP contribution >= 0.6 is 11.6 Å². The molecule has 1 aromatic heterocycles. The highest BCUT2D eigenvalue weighted by molar-refractivity contribution is 6.31. The maximum Gasteiger partial charge on any atom is 0.325 e. The number of aryl methyl sites for hydroxylation is 1. The molecule has 28 heavy (non-hydrogen) atoms. The number of imidazole rings is 1. The topological polar surface area (TPSA) is 78.1 Å². The Labute approximate surface area is 167 Å². The molecule has 1 saturated heterocycles. The van der Waals surface area contributed by atoms with E-state index in [9.17, 15) is 9.59 Å². The van der Waals surface area contributed by atoms with Crippen LogP contribution in [0.15, 0.2) is 54.6 Å².